The van der Waals surface area contributed by atoms with Crippen LogP contribution in [0.5, 0.6) is 5.75 Å². The third-order valence-corrected chi connectivity index (χ3v) is 1.99. The van der Waals surface area contributed by atoms with Gasteiger partial charge in [0.1, 0.15) is 11.9 Å². The molecule has 0 spiro atoms. The molecule has 15 heavy (non-hydrogen) atoms. The number of hydrogen-bond acceptors (Lipinski definition) is 2. The van der Waals surface area contributed by atoms with E-state index in [2.05, 4.69) is 6.07 Å². The number of aliphatic carboxylic acids is 1. The molecule has 82 valence electrons. The van der Waals surface area contributed by atoms with Crippen LogP contribution in [0.1, 0.15) is 24.5 Å². The largest absolute Gasteiger partial charge is 0.490 e. The predicted octanol–water partition coefficient (Wildman–Crippen LogP) is 2.55. The van der Waals surface area contributed by atoms with E-state index >= 15 is 0 Å². The van der Waals surface area contributed by atoms with Gasteiger partial charge in [-0.1, -0.05) is 6.07 Å². The van der Waals surface area contributed by atoms with Gasteiger partial charge in [-0.25, -0.2) is 0 Å². The molecule has 0 aliphatic rings. The first-order chi connectivity index (χ1) is 6.97. The lowest BCUT2D eigenvalue weighted by Crippen LogP contribution is -2.16. The molecule has 3 heteroatoms. The monoisotopic (exact) mass is 208 g/mol. The minimum atomic E-state index is -0.841. The molecule has 0 saturated heterocycles. The second-order valence-corrected chi connectivity index (χ2v) is 3.85. The van der Waals surface area contributed by atoms with E-state index in [1.54, 1.807) is 6.92 Å². The maximum Gasteiger partial charge on any atom is 0.307 e. The molecule has 0 radical (unpaired) electrons. The summed E-state index contributed by atoms with van der Waals surface area (Å²) in [5.41, 5.74) is 2.24. The van der Waals surface area contributed by atoms with Gasteiger partial charge in [0.2, 0.25) is 0 Å². The molecule has 0 aromatic heterocycles. The van der Waals surface area contributed by atoms with Crippen molar-refractivity contribution in [3.63, 3.8) is 0 Å². The molecule has 0 heterocycles. The highest BCUT2D eigenvalue weighted by molar-refractivity contribution is 5.67. The summed E-state index contributed by atoms with van der Waals surface area (Å²) in [5, 5.41) is 8.59. The van der Waals surface area contributed by atoms with Gasteiger partial charge in [-0.05, 0) is 44.0 Å². The van der Waals surface area contributed by atoms with Crippen molar-refractivity contribution < 1.29 is 14.6 Å². The summed E-state index contributed by atoms with van der Waals surface area (Å²) in [6.07, 6.45) is -0.281. The van der Waals surface area contributed by atoms with Crippen molar-refractivity contribution in [1.82, 2.24) is 0 Å². The van der Waals surface area contributed by atoms with Gasteiger partial charge in [-0.15, -0.1) is 0 Å². The van der Waals surface area contributed by atoms with Crippen LogP contribution in [-0.4, -0.2) is 17.2 Å². The summed E-state index contributed by atoms with van der Waals surface area (Å²) in [4.78, 5) is 10.5. The third-order valence-electron chi connectivity index (χ3n) is 1.99. The summed E-state index contributed by atoms with van der Waals surface area (Å²) in [5.74, 6) is -0.104. The van der Waals surface area contributed by atoms with Gasteiger partial charge in [-0.3, -0.25) is 4.79 Å². The SMILES string of the molecule is Cc1cc(C)cc(OC(C)CC(=O)O)c1. The van der Waals surface area contributed by atoms with E-state index in [0.717, 1.165) is 16.9 Å². The zero-order chi connectivity index (χ0) is 11.4. The number of rotatable bonds is 4. The molecule has 0 bridgehead atoms. The highest BCUT2D eigenvalue weighted by atomic mass is 16.5. The minimum Gasteiger partial charge on any atom is -0.490 e. The Morgan fingerprint density at radius 2 is 1.87 bits per heavy atom. The van der Waals surface area contributed by atoms with Gasteiger partial charge >= 0.3 is 5.97 Å². The highest BCUT2D eigenvalue weighted by Crippen LogP contribution is 2.18. The molecule has 1 rings (SSSR count). The average molecular weight is 208 g/mol. The number of carboxylic acid groups (broad SMARTS) is 1. The molecule has 1 unspecified atom stereocenters. The van der Waals surface area contributed by atoms with Gasteiger partial charge in [-0.2, -0.15) is 0 Å². The number of ether oxygens (including phenoxy) is 1. The second kappa shape index (κ2) is 4.82. The highest BCUT2D eigenvalue weighted by Gasteiger charge is 2.09. The first-order valence-corrected chi connectivity index (χ1v) is 4.94. The van der Waals surface area contributed by atoms with E-state index in [-0.39, 0.29) is 12.5 Å². The molecule has 1 atom stereocenters. The number of hydrogen-bond donors (Lipinski definition) is 1. The van der Waals surface area contributed by atoms with E-state index in [1.165, 1.54) is 0 Å². The summed E-state index contributed by atoms with van der Waals surface area (Å²) in [6, 6.07) is 5.87. The Kier molecular flexibility index (Phi) is 3.72. The van der Waals surface area contributed by atoms with Crippen LogP contribution in [0.2, 0.25) is 0 Å². The van der Waals surface area contributed by atoms with Gasteiger partial charge < -0.3 is 9.84 Å². The zero-order valence-corrected chi connectivity index (χ0v) is 9.28. The van der Waals surface area contributed by atoms with Crippen LogP contribution in [0.25, 0.3) is 0 Å². The molecule has 0 amide bonds. The average Bonchev–Trinajstić information content (AvgIpc) is 1.98. The van der Waals surface area contributed by atoms with Crippen LogP contribution in [0.15, 0.2) is 18.2 Å². The molecular formula is C12H16O3. The Balaban J connectivity index is 2.67. The van der Waals surface area contributed by atoms with E-state index in [1.807, 2.05) is 26.0 Å². The Bertz CT molecular complexity index is 338. The summed E-state index contributed by atoms with van der Waals surface area (Å²) in [7, 11) is 0. The van der Waals surface area contributed by atoms with Gasteiger partial charge in [0.05, 0.1) is 6.42 Å². The van der Waals surface area contributed by atoms with Crippen molar-refractivity contribution in [3.05, 3.63) is 29.3 Å². The Morgan fingerprint density at radius 3 is 2.33 bits per heavy atom. The lowest BCUT2D eigenvalue weighted by molar-refractivity contribution is -0.138. The molecule has 0 fully saturated rings. The van der Waals surface area contributed by atoms with Crippen LogP contribution in [0.3, 0.4) is 0 Å². The molecule has 0 saturated carbocycles. The van der Waals surface area contributed by atoms with Crippen LogP contribution in [0, 0.1) is 13.8 Å². The van der Waals surface area contributed by atoms with E-state index in [0.29, 0.717) is 0 Å². The van der Waals surface area contributed by atoms with Crippen molar-refractivity contribution >= 4 is 5.97 Å². The van der Waals surface area contributed by atoms with E-state index in [9.17, 15) is 4.79 Å². The Labute approximate surface area is 89.7 Å². The number of carbonyl (C=O) groups is 1. The van der Waals surface area contributed by atoms with Crippen LogP contribution in [0.4, 0.5) is 0 Å². The van der Waals surface area contributed by atoms with Crippen LogP contribution in [-0.2, 0) is 4.79 Å². The first-order valence-electron chi connectivity index (χ1n) is 4.94. The van der Waals surface area contributed by atoms with Gasteiger partial charge in [0, 0.05) is 0 Å². The molecule has 1 aromatic carbocycles. The molecule has 3 nitrogen and oxygen atoms in total. The molecular weight excluding hydrogens is 192 g/mol. The smallest absolute Gasteiger partial charge is 0.307 e. The molecule has 0 aliphatic carbocycles. The fourth-order valence-electron chi connectivity index (χ4n) is 1.52. The molecule has 1 aromatic rings. The number of carboxylic acids is 1. The quantitative estimate of drug-likeness (QED) is 0.827. The van der Waals surface area contributed by atoms with Crippen molar-refractivity contribution in [2.24, 2.45) is 0 Å². The fourth-order valence-corrected chi connectivity index (χ4v) is 1.52. The Hall–Kier alpha value is -1.51. The minimum absolute atomic E-state index is 0.0208. The third kappa shape index (κ3) is 4.02. The van der Waals surface area contributed by atoms with E-state index < -0.39 is 5.97 Å². The van der Waals surface area contributed by atoms with Gasteiger partial charge in [0.15, 0.2) is 0 Å². The molecule has 0 aliphatic heterocycles. The number of aryl methyl sites for hydroxylation is 2. The number of benzene rings is 1. The second-order valence-electron chi connectivity index (χ2n) is 3.85. The maximum absolute atomic E-state index is 10.5. The normalized spacial score (nSPS) is 12.2. The first kappa shape index (κ1) is 11.6. The summed E-state index contributed by atoms with van der Waals surface area (Å²) < 4.78 is 5.51. The lowest BCUT2D eigenvalue weighted by atomic mass is 10.1. The van der Waals surface area contributed by atoms with Crippen molar-refractivity contribution in [1.29, 1.82) is 0 Å². The van der Waals surface area contributed by atoms with Crippen molar-refractivity contribution in [3.8, 4) is 5.75 Å². The Morgan fingerprint density at radius 1 is 1.33 bits per heavy atom. The summed E-state index contributed by atoms with van der Waals surface area (Å²) >= 11 is 0. The van der Waals surface area contributed by atoms with Crippen LogP contribution < -0.4 is 4.74 Å². The molecule has 1 N–H and O–H groups in total. The maximum atomic E-state index is 10.5. The standard InChI is InChI=1S/C12H16O3/c1-8-4-9(2)6-11(5-8)15-10(3)7-12(13)14/h4-6,10H,7H2,1-3H3,(H,13,14). The van der Waals surface area contributed by atoms with E-state index in [4.69, 9.17) is 9.84 Å². The topological polar surface area (TPSA) is 46.5 Å². The van der Waals surface area contributed by atoms with Gasteiger partial charge in [0.25, 0.3) is 0 Å². The lowest BCUT2D eigenvalue weighted by Gasteiger charge is -2.13. The van der Waals surface area contributed by atoms with Crippen molar-refractivity contribution in [2.45, 2.75) is 33.3 Å². The summed E-state index contributed by atoms with van der Waals surface area (Å²) in [6.45, 7) is 5.73. The van der Waals surface area contributed by atoms with Crippen molar-refractivity contribution in [2.75, 3.05) is 0 Å². The van der Waals surface area contributed by atoms with Crippen LogP contribution >= 0.6 is 0 Å². The predicted molar refractivity (Wildman–Crippen MR) is 58.3 cm³/mol. The fraction of sp³-hybridized carbons (Fsp3) is 0.417. The zero-order valence-electron chi connectivity index (χ0n) is 9.28.